The number of benzene rings is 2. The number of fused-ring (bicyclic) bond motifs is 4. The molecule has 1 aromatic heterocycles. The second-order valence-electron chi connectivity index (χ2n) is 11.7. The number of amides is 4. The number of imide groups is 2. The van der Waals surface area contributed by atoms with Gasteiger partial charge in [-0.25, -0.2) is 31.2 Å². The van der Waals surface area contributed by atoms with Crippen LogP contribution in [0.2, 0.25) is 0 Å². The van der Waals surface area contributed by atoms with Crippen LogP contribution in [0, 0.1) is 52.7 Å². The molecule has 0 spiro atoms. The number of nitrogens with zero attached hydrogens (tertiary/aromatic N) is 2. The lowest BCUT2D eigenvalue weighted by Crippen LogP contribution is -2.60. The maximum atomic E-state index is 15.1. The Bertz CT molecular complexity index is 1950. The van der Waals surface area contributed by atoms with Crippen LogP contribution in [0.3, 0.4) is 0 Å². The van der Waals surface area contributed by atoms with Crippen LogP contribution < -0.4 is 4.90 Å². The second-order valence-corrected chi connectivity index (χ2v) is 14.0. The molecule has 1 N–H and O–H groups in total. The summed E-state index contributed by atoms with van der Waals surface area (Å²) in [5.74, 6) is -24.4. The van der Waals surface area contributed by atoms with Gasteiger partial charge in [0.1, 0.15) is 5.69 Å². The molecule has 2 aliphatic heterocycles. The molecule has 0 bridgehead atoms. The molecule has 2 aliphatic carbocycles. The molecule has 47 heavy (non-hydrogen) atoms. The van der Waals surface area contributed by atoms with Crippen LogP contribution in [-0.2, 0) is 25.7 Å². The Labute approximate surface area is 275 Å². The van der Waals surface area contributed by atoms with Crippen molar-refractivity contribution in [1.82, 2.24) is 4.90 Å². The van der Waals surface area contributed by atoms with E-state index in [1.54, 1.807) is 17.5 Å². The van der Waals surface area contributed by atoms with E-state index in [0.717, 1.165) is 23.1 Å². The predicted molar refractivity (Wildman–Crippen MR) is 154 cm³/mol. The number of allylic oxidation sites excluding steroid dienone is 2. The molecule has 3 heterocycles. The fourth-order valence-corrected chi connectivity index (χ4v) is 9.08. The number of hydrogen-bond donors (Lipinski definition) is 1. The number of rotatable bonds is 4. The Morgan fingerprint density at radius 2 is 1.51 bits per heavy atom. The zero-order valence-corrected chi connectivity index (χ0v) is 25.7. The first-order valence-electron chi connectivity index (χ1n) is 14.0. The van der Waals surface area contributed by atoms with Crippen molar-refractivity contribution in [3.8, 4) is 5.75 Å². The quantitative estimate of drug-likeness (QED) is 0.0887. The van der Waals surface area contributed by atoms with Gasteiger partial charge in [-0.3, -0.25) is 24.1 Å². The van der Waals surface area contributed by atoms with Gasteiger partial charge in [0.25, 0.3) is 11.8 Å². The van der Waals surface area contributed by atoms with Gasteiger partial charge in [-0.05, 0) is 36.3 Å². The summed E-state index contributed by atoms with van der Waals surface area (Å²) in [5.41, 5.74) is -2.25. The van der Waals surface area contributed by atoms with E-state index in [0.29, 0.717) is 4.88 Å². The summed E-state index contributed by atoms with van der Waals surface area (Å²) in [5, 5.41) is 12.6. The lowest BCUT2D eigenvalue weighted by molar-refractivity contribution is -0.141. The van der Waals surface area contributed by atoms with Crippen LogP contribution >= 0.6 is 34.5 Å². The number of thiophene rings is 1. The molecule has 16 heteroatoms. The third kappa shape index (κ3) is 4.00. The zero-order valence-electron chi connectivity index (χ0n) is 23.4. The number of aromatic hydroxyl groups is 1. The molecule has 244 valence electrons. The van der Waals surface area contributed by atoms with Crippen molar-refractivity contribution in [2.45, 2.75) is 35.1 Å². The Morgan fingerprint density at radius 1 is 0.851 bits per heavy atom. The number of halogens is 8. The van der Waals surface area contributed by atoms with Gasteiger partial charge in [0.15, 0.2) is 44.6 Å². The van der Waals surface area contributed by atoms with Crippen LogP contribution in [-0.4, -0.2) is 43.4 Å². The summed E-state index contributed by atoms with van der Waals surface area (Å²) in [4.78, 5) is 51.5. The highest BCUT2D eigenvalue weighted by Gasteiger charge is 2.77. The molecular formula is C31H18Cl2F6N2O5S. The van der Waals surface area contributed by atoms with Crippen molar-refractivity contribution < 1.29 is 50.6 Å². The molecule has 3 fully saturated rings. The average molecular weight is 715 g/mol. The van der Waals surface area contributed by atoms with Gasteiger partial charge in [-0.15, -0.1) is 34.5 Å². The standard InChI is InChI=1S/C31H18Cl2F6N2O5S/c32-30-9-15-12(6-7-13-17(15)27(44)40(26(13)43)10-11-3-2-8-47-11)18(14-4-1-5-16(34)25(14)42)31(30,33)29(46)41(28(30)45)24-22(38)20(36)19(35)21(37)23(24)39/h1-6,8,13,15,17-18,42H,7,9-10H2. The number of alkyl halides is 2. The maximum Gasteiger partial charge on any atom is 0.258 e. The SMILES string of the molecule is O=C1C2CC=C3C(CC4(Cl)C(=O)N(c5c(F)c(F)c(F)c(F)c5F)C(=O)C4(Cl)C3c3cccc(F)c3O)C2C(=O)N1Cc1cccs1. The Kier molecular flexibility index (Phi) is 7.12. The number of phenols is 1. The first-order chi connectivity index (χ1) is 22.2. The number of carbonyl (C=O) groups excluding carboxylic acids is 4. The largest absolute Gasteiger partial charge is 0.505 e. The van der Waals surface area contributed by atoms with Gasteiger partial charge < -0.3 is 5.11 Å². The number of anilines is 1. The smallest absolute Gasteiger partial charge is 0.258 e. The molecule has 6 unspecified atom stereocenters. The fraction of sp³-hybridized carbons (Fsp3) is 0.290. The van der Waals surface area contributed by atoms with Crippen LogP contribution in [0.15, 0.2) is 47.4 Å². The van der Waals surface area contributed by atoms with Gasteiger partial charge in [0.2, 0.25) is 17.6 Å². The molecule has 4 amide bonds. The summed E-state index contributed by atoms with van der Waals surface area (Å²) < 4.78 is 87.5. The highest BCUT2D eigenvalue weighted by molar-refractivity contribution is 7.09. The molecule has 3 aromatic rings. The summed E-state index contributed by atoms with van der Waals surface area (Å²) in [6.07, 6.45) is 0.667. The topological polar surface area (TPSA) is 95.0 Å². The van der Waals surface area contributed by atoms with E-state index < -0.39 is 115 Å². The van der Waals surface area contributed by atoms with Gasteiger partial charge in [-0.1, -0.05) is 29.8 Å². The summed E-state index contributed by atoms with van der Waals surface area (Å²) in [6, 6.07) is 6.58. The van der Waals surface area contributed by atoms with Gasteiger partial charge in [0, 0.05) is 16.4 Å². The predicted octanol–water partition coefficient (Wildman–Crippen LogP) is 6.05. The van der Waals surface area contributed by atoms with Gasteiger partial charge in [0.05, 0.1) is 18.4 Å². The van der Waals surface area contributed by atoms with Crippen molar-refractivity contribution in [3.05, 3.63) is 92.7 Å². The fourth-order valence-electron chi connectivity index (χ4n) is 7.46. The third-order valence-corrected chi connectivity index (χ3v) is 11.8. The van der Waals surface area contributed by atoms with E-state index in [1.807, 2.05) is 0 Å². The third-order valence-electron chi connectivity index (χ3n) is 9.54. The molecule has 1 saturated carbocycles. The minimum absolute atomic E-state index is 0.0601. The van der Waals surface area contributed by atoms with E-state index in [2.05, 4.69) is 0 Å². The minimum atomic E-state index is -2.87. The summed E-state index contributed by atoms with van der Waals surface area (Å²) in [6.45, 7) is -0.0601. The van der Waals surface area contributed by atoms with Crippen LogP contribution in [0.25, 0.3) is 0 Å². The van der Waals surface area contributed by atoms with Crippen LogP contribution in [0.5, 0.6) is 5.75 Å². The minimum Gasteiger partial charge on any atom is -0.505 e. The van der Waals surface area contributed by atoms with Gasteiger partial charge in [-0.2, -0.15) is 0 Å². The molecular weight excluding hydrogens is 697 g/mol. The Hall–Kier alpha value is -3.88. The molecule has 4 aliphatic rings. The number of para-hydroxylation sites is 1. The molecule has 7 rings (SSSR count). The Morgan fingerprint density at radius 3 is 2.15 bits per heavy atom. The number of hydrogen-bond acceptors (Lipinski definition) is 6. The van der Waals surface area contributed by atoms with Crippen molar-refractivity contribution in [2.24, 2.45) is 17.8 Å². The monoisotopic (exact) mass is 714 g/mol. The molecule has 0 radical (unpaired) electrons. The molecule has 2 saturated heterocycles. The molecule has 6 atom stereocenters. The number of carbonyl (C=O) groups is 4. The summed E-state index contributed by atoms with van der Waals surface area (Å²) >= 11 is 15.2. The van der Waals surface area contributed by atoms with E-state index >= 15 is 8.78 Å². The zero-order chi connectivity index (χ0) is 33.9. The van der Waals surface area contributed by atoms with E-state index in [1.165, 1.54) is 17.4 Å². The van der Waals surface area contributed by atoms with E-state index in [-0.39, 0.29) is 23.4 Å². The Balaban J connectivity index is 1.43. The summed E-state index contributed by atoms with van der Waals surface area (Å²) in [7, 11) is 0. The first-order valence-corrected chi connectivity index (χ1v) is 15.6. The highest BCUT2D eigenvalue weighted by Crippen LogP contribution is 2.66. The molecule has 7 nitrogen and oxygen atoms in total. The van der Waals surface area contributed by atoms with Crippen molar-refractivity contribution >= 4 is 63.9 Å². The van der Waals surface area contributed by atoms with Crippen molar-refractivity contribution in [2.75, 3.05) is 4.90 Å². The number of phenolic OH excluding ortho intramolecular Hbond substituents is 1. The number of likely N-dealkylation sites (tertiary alicyclic amines) is 1. The van der Waals surface area contributed by atoms with E-state index in [9.17, 15) is 41.8 Å². The lowest BCUT2D eigenvalue weighted by atomic mass is 9.56. The van der Waals surface area contributed by atoms with Crippen LogP contribution in [0.1, 0.15) is 29.2 Å². The average Bonchev–Trinajstić information content (AvgIpc) is 3.68. The highest BCUT2D eigenvalue weighted by atomic mass is 35.5. The molecule has 2 aromatic carbocycles. The van der Waals surface area contributed by atoms with Gasteiger partial charge >= 0.3 is 0 Å². The maximum absolute atomic E-state index is 15.1. The van der Waals surface area contributed by atoms with E-state index in [4.69, 9.17) is 23.2 Å². The van der Waals surface area contributed by atoms with Crippen molar-refractivity contribution in [1.29, 1.82) is 0 Å². The lowest BCUT2D eigenvalue weighted by Gasteiger charge is -2.50. The first kappa shape index (κ1) is 31.7. The van der Waals surface area contributed by atoms with Crippen LogP contribution in [0.4, 0.5) is 32.0 Å². The second kappa shape index (κ2) is 10.6. The normalized spacial score (nSPS) is 30.1. The van der Waals surface area contributed by atoms with Crippen molar-refractivity contribution in [3.63, 3.8) is 0 Å².